The average Bonchev–Trinajstić information content (AvgIpc) is 3.40. The van der Waals surface area contributed by atoms with Crippen LogP contribution in [0.4, 0.5) is 0 Å². The maximum atomic E-state index is 5.30. The summed E-state index contributed by atoms with van der Waals surface area (Å²) in [7, 11) is 0. The molecule has 2 aliphatic rings. The zero-order valence-corrected chi connectivity index (χ0v) is 31.7. The van der Waals surface area contributed by atoms with Gasteiger partial charge in [0.1, 0.15) is 0 Å². The van der Waals surface area contributed by atoms with Crippen LogP contribution < -0.4 is 0 Å². The summed E-state index contributed by atoms with van der Waals surface area (Å²) in [4.78, 5) is 10.1. The first-order chi connectivity index (χ1) is 28.8. The van der Waals surface area contributed by atoms with Gasteiger partial charge in [-0.1, -0.05) is 170 Å². The van der Waals surface area contributed by atoms with E-state index in [1.54, 1.807) is 0 Å². The molecule has 1 unspecified atom stereocenters. The lowest BCUT2D eigenvalue weighted by molar-refractivity contribution is 0.767. The molecule has 0 saturated heterocycles. The Labute approximate surface area is 336 Å². The Morgan fingerprint density at radius 3 is 1.81 bits per heavy atom. The van der Waals surface area contributed by atoms with Crippen LogP contribution in [0.3, 0.4) is 0 Å². The van der Waals surface area contributed by atoms with E-state index in [-0.39, 0.29) is 0 Å². The SMILES string of the molecule is C1=CCC=CC(C2(c3ccccc3)c3ccc(-c4ccc5c6ccccc6c6ccccc6c5c4)cc3-c3cc(-c4ccc5ccc6cccnc6c5n4)ccc32)=C1. The highest BCUT2D eigenvalue weighted by molar-refractivity contribution is 6.25. The van der Waals surface area contributed by atoms with Crippen LogP contribution in [0.2, 0.25) is 0 Å². The molecular weight excluding hydrogens is 701 g/mol. The van der Waals surface area contributed by atoms with Crippen molar-refractivity contribution in [3.63, 3.8) is 0 Å². The van der Waals surface area contributed by atoms with Gasteiger partial charge in [0.05, 0.1) is 22.1 Å². The number of hydrogen-bond acceptors (Lipinski definition) is 2. The minimum Gasteiger partial charge on any atom is -0.254 e. The van der Waals surface area contributed by atoms with E-state index >= 15 is 0 Å². The molecule has 12 rings (SSSR count). The number of pyridine rings is 2. The molecule has 1 atom stereocenters. The van der Waals surface area contributed by atoms with Gasteiger partial charge in [-0.2, -0.15) is 0 Å². The van der Waals surface area contributed by atoms with Crippen LogP contribution in [0.1, 0.15) is 23.1 Å². The Morgan fingerprint density at radius 2 is 1.05 bits per heavy atom. The molecule has 0 amide bonds. The van der Waals surface area contributed by atoms with E-state index in [4.69, 9.17) is 9.97 Å². The highest BCUT2D eigenvalue weighted by atomic mass is 14.8. The minimum atomic E-state index is -0.510. The summed E-state index contributed by atoms with van der Waals surface area (Å²) in [5.41, 5.74) is 13.3. The van der Waals surface area contributed by atoms with Gasteiger partial charge in [0, 0.05) is 22.5 Å². The van der Waals surface area contributed by atoms with E-state index in [1.165, 1.54) is 76.8 Å². The number of hydrogen-bond donors (Lipinski definition) is 0. The van der Waals surface area contributed by atoms with E-state index in [0.717, 1.165) is 39.5 Å². The monoisotopic (exact) mass is 736 g/mol. The molecule has 2 heterocycles. The van der Waals surface area contributed by atoms with E-state index in [0.29, 0.717) is 0 Å². The highest BCUT2D eigenvalue weighted by Gasteiger charge is 2.47. The van der Waals surface area contributed by atoms with E-state index in [1.807, 2.05) is 12.3 Å². The summed E-state index contributed by atoms with van der Waals surface area (Å²) < 4.78 is 0. The third-order valence-electron chi connectivity index (χ3n) is 12.6. The number of aromatic nitrogens is 2. The summed E-state index contributed by atoms with van der Waals surface area (Å²) in [6, 6.07) is 62.6. The standard InChI is InChI=1S/C56H36N2/c1-2-5-15-41(14-4-1)56(42-16-6-3-7-17-42)51-29-25-39(38-24-28-47-45-20-9-8-18-43(45)44-19-10-11-21-46(44)48(47)33-38)34-49(51)50-35-40(26-30-52(50)56)53-31-27-37-23-22-36-13-12-32-57-54(36)55(37)58-53/h1,3-35H,2H2. The maximum absolute atomic E-state index is 5.30. The van der Waals surface area contributed by atoms with Crippen LogP contribution in [0.15, 0.2) is 212 Å². The zero-order chi connectivity index (χ0) is 38.2. The predicted octanol–water partition coefficient (Wildman–Crippen LogP) is 14.3. The number of nitrogens with zero attached hydrogens (tertiary/aromatic N) is 2. The van der Waals surface area contributed by atoms with Gasteiger partial charge < -0.3 is 0 Å². The Hall–Kier alpha value is -7.42. The molecule has 0 N–H and O–H groups in total. The number of rotatable bonds is 4. The largest absolute Gasteiger partial charge is 0.254 e. The van der Waals surface area contributed by atoms with Gasteiger partial charge >= 0.3 is 0 Å². The van der Waals surface area contributed by atoms with Crippen molar-refractivity contribution in [2.75, 3.05) is 0 Å². The van der Waals surface area contributed by atoms with Crippen LogP contribution in [0.5, 0.6) is 0 Å². The molecule has 2 heteroatoms. The Balaban J connectivity index is 1.11. The molecule has 270 valence electrons. The van der Waals surface area contributed by atoms with Crippen molar-refractivity contribution in [3.8, 4) is 33.5 Å². The van der Waals surface area contributed by atoms with Gasteiger partial charge in [-0.05, 0) is 114 Å². The minimum absolute atomic E-state index is 0.510. The molecule has 58 heavy (non-hydrogen) atoms. The molecule has 0 saturated carbocycles. The van der Waals surface area contributed by atoms with Gasteiger partial charge in [0.2, 0.25) is 0 Å². The van der Waals surface area contributed by atoms with Crippen LogP contribution >= 0.6 is 0 Å². The Morgan fingerprint density at radius 1 is 0.448 bits per heavy atom. The van der Waals surface area contributed by atoms with Gasteiger partial charge in [0.15, 0.2) is 0 Å². The molecule has 2 nitrogen and oxygen atoms in total. The summed E-state index contributed by atoms with van der Waals surface area (Å²) >= 11 is 0. The first-order valence-corrected chi connectivity index (χ1v) is 20.1. The second-order valence-electron chi connectivity index (χ2n) is 15.6. The third-order valence-corrected chi connectivity index (χ3v) is 12.6. The topological polar surface area (TPSA) is 25.8 Å². The van der Waals surface area contributed by atoms with Gasteiger partial charge in [0.25, 0.3) is 0 Å². The fourth-order valence-electron chi connectivity index (χ4n) is 9.95. The molecule has 0 fully saturated rings. The molecule has 0 aliphatic heterocycles. The Bertz CT molecular complexity index is 3390. The van der Waals surface area contributed by atoms with Crippen molar-refractivity contribution >= 4 is 54.1 Å². The van der Waals surface area contributed by atoms with Crippen molar-refractivity contribution in [3.05, 3.63) is 229 Å². The molecule has 0 bridgehead atoms. The number of allylic oxidation sites excluding steroid dienone is 6. The fourth-order valence-corrected chi connectivity index (χ4v) is 9.95. The molecule has 10 aromatic rings. The van der Waals surface area contributed by atoms with Crippen LogP contribution in [0, 0.1) is 0 Å². The summed E-state index contributed by atoms with van der Waals surface area (Å²) in [5.74, 6) is 0. The van der Waals surface area contributed by atoms with Gasteiger partial charge in [-0.25, -0.2) is 4.98 Å². The second kappa shape index (κ2) is 12.8. The third kappa shape index (κ3) is 4.79. The highest BCUT2D eigenvalue weighted by Crippen LogP contribution is 2.58. The van der Waals surface area contributed by atoms with Crippen molar-refractivity contribution in [2.45, 2.75) is 11.8 Å². The van der Waals surface area contributed by atoms with Crippen LogP contribution in [0.25, 0.3) is 87.6 Å². The van der Waals surface area contributed by atoms with Crippen molar-refractivity contribution < 1.29 is 0 Å². The Kier molecular flexibility index (Phi) is 7.24. The average molecular weight is 737 g/mol. The normalized spacial score (nSPS) is 15.9. The smallest absolute Gasteiger partial charge is 0.0972 e. The maximum Gasteiger partial charge on any atom is 0.0972 e. The number of benzene rings is 8. The number of fused-ring (bicyclic) bond motifs is 12. The molecule has 0 radical (unpaired) electrons. The predicted molar refractivity (Wildman–Crippen MR) is 243 cm³/mol. The summed E-state index contributed by atoms with van der Waals surface area (Å²) in [6.45, 7) is 0. The molecular formula is C56H36N2. The van der Waals surface area contributed by atoms with Crippen LogP contribution in [-0.4, -0.2) is 9.97 Å². The lowest BCUT2D eigenvalue weighted by atomic mass is 9.67. The first-order valence-electron chi connectivity index (χ1n) is 20.1. The molecule has 2 aliphatic carbocycles. The van der Waals surface area contributed by atoms with Crippen molar-refractivity contribution in [1.82, 2.24) is 9.97 Å². The fraction of sp³-hybridized carbons (Fsp3) is 0.0357. The lowest BCUT2D eigenvalue weighted by Crippen LogP contribution is -2.29. The molecule has 8 aromatic carbocycles. The van der Waals surface area contributed by atoms with Gasteiger partial charge in [-0.3, -0.25) is 4.98 Å². The van der Waals surface area contributed by atoms with Crippen molar-refractivity contribution in [1.29, 1.82) is 0 Å². The summed E-state index contributed by atoms with van der Waals surface area (Å²) in [6.07, 6.45) is 14.2. The van der Waals surface area contributed by atoms with Gasteiger partial charge in [-0.15, -0.1) is 0 Å². The second-order valence-corrected chi connectivity index (χ2v) is 15.6. The molecule has 0 spiro atoms. The van der Waals surface area contributed by atoms with Crippen molar-refractivity contribution in [2.24, 2.45) is 0 Å². The quantitative estimate of drug-likeness (QED) is 0.168. The first kappa shape index (κ1) is 32.8. The van der Waals surface area contributed by atoms with E-state index < -0.39 is 5.41 Å². The van der Waals surface area contributed by atoms with E-state index in [9.17, 15) is 0 Å². The lowest BCUT2D eigenvalue weighted by Gasteiger charge is -2.34. The zero-order valence-electron chi connectivity index (χ0n) is 31.7. The summed E-state index contributed by atoms with van der Waals surface area (Å²) in [5, 5.41) is 9.89. The molecule has 2 aromatic heterocycles. The van der Waals surface area contributed by atoms with E-state index in [2.05, 4.69) is 194 Å². The van der Waals surface area contributed by atoms with Crippen LogP contribution in [-0.2, 0) is 5.41 Å².